The number of benzene rings is 1. The summed E-state index contributed by atoms with van der Waals surface area (Å²) in [6.07, 6.45) is -4.39. The summed E-state index contributed by atoms with van der Waals surface area (Å²) in [4.78, 5) is 11.1. The number of alkyl halides is 3. The van der Waals surface area contributed by atoms with Crippen molar-refractivity contribution in [1.82, 2.24) is 0 Å². The Labute approximate surface area is 110 Å². The second-order valence-corrected chi connectivity index (χ2v) is 4.21. The van der Waals surface area contributed by atoms with Gasteiger partial charge in [-0.2, -0.15) is 13.2 Å². The molecule has 0 bridgehead atoms. The number of ether oxygens (including phenoxy) is 1. The molecule has 0 saturated carbocycles. The number of carbonyl (C=O) groups excluding carboxylic acids is 1. The molecule has 1 rings (SSSR count). The van der Waals surface area contributed by atoms with Gasteiger partial charge < -0.3 is 10.1 Å². The van der Waals surface area contributed by atoms with E-state index in [4.69, 9.17) is 0 Å². The van der Waals surface area contributed by atoms with E-state index >= 15 is 0 Å². The first-order valence-electron chi connectivity index (χ1n) is 5.11. The van der Waals surface area contributed by atoms with Gasteiger partial charge in [0.1, 0.15) is 6.54 Å². The average molecular weight is 326 g/mol. The largest absolute Gasteiger partial charge is 0.465 e. The maximum absolute atomic E-state index is 12.4. The topological polar surface area (TPSA) is 38.3 Å². The number of anilines is 1. The predicted molar refractivity (Wildman–Crippen MR) is 64.3 cm³/mol. The Morgan fingerprint density at radius 2 is 2.11 bits per heavy atom. The number of nitrogens with one attached hydrogen (secondary N) is 1. The maximum atomic E-state index is 12.4. The Kier molecular flexibility index (Phi) is 5.01. The molecular weight excluding hydrogens is 315 g/mol. The van der Waals surface area contributed by atoms with Crippen LogP contribution in [0, 0.1) is 0 Å². The fraction of sp³-hybridized carbons (Fsp3) is 0.364. The number of halogens is 4. The molecular formula is C11H11BrF3NO2. The summed E-state index contributed by atoms with van der Waals surface area (Å²) in [7, 11) is 0. The van der Waals surface area contributed by atoms with Crippen molar-refractivity contribution < 1.29 is 22.7 Å². The number of rotatable bonds is 4. The summed E-state index contributed by atoms with van der Waals surface area (Å²) in [6, 6.07) is 3.15. The van der Waals surface area contributed by atoms with Gasteiger partial charge in [-0.05, 0) is 41.1 Å². The minimum Gasteiger partial charge on any atom is -0.465 e. The van der Waals surface area contributed by atoms with Gasteiger partial charge in [-0.1, -0.05) is 0 Å². The summed E-state index contributed by atoms with van der Waals surface area (Å²) in [5.41, 5.74) is -0.355. The van der Waals surface area contributed by atoms with E-state index in [2.05, 4.69) is 26.0 Å². The standard InChI is InChI=1S/C11H11BrF3NO2/c1-2-18-10(17)6-16-9-4-3-7(5-8(9)12)11(13,14)15/h3-5,16H,2,6H2,1H3. The lowest BCUT2D eigenvalue weighted by molar-refractivity contribution is -0.141. The van der Waals surface area contributed by atoms with Crippen LogP contribution in [0.25, 0.3) is 0 Å². The highest BCUT2D eigenvalue weighted by molar-refractivity contribution is 9.10. The van der Waals surface area contributed by atoms with Crippen LogP contribution in [0.3, 0.4) is 0 Å². The predicted octanol–water partition coefficient (Wildman–Crippen LogP) is 3.44. The molecule has 0 aliphatic carbocycles. The molecule has 3 nitrogen and oxygen atoms in total. The third-order valence-corrected chi connectivity index (χ3v) is 2.68. The average Bonchev–Trinajstić information content (AvgIpc) is 2.26. The summed E-state index contributed by atoms with van der Waals surface area (Å²) in [6.45, 7) is 1.83. The summed E-state index contributed by atoms with van der Waals surface area (Å²) in [5, 5.41) is 2.69. The highest BCUT2D eigenvalue weighted by Crippen LogP contribution is 2.33. The van der Waals surface area contributed by atoms with E-state index in [1.165, 1.54) is 6.07 Å². The van der Waals surface area contributed by atoms with Crippen molar-refractivity contribution in [2.24, 2.45) is 0 Å². The van der Waals surface area contributed by atoms with Gasteiger partial charge in [0.15, 0.2) is 0 Å². The van der Waals surface area contributed by atoms with Crippen LogP contribution >= 0.6 is 15.9 Å². The van der Waals surface area contributed by atoms with Crippen LogP contribution < -0.4 is 5.32 Å². The van der Waals surface area contributed by atoms with Crippen LogP contribution in [0.5, 0.6) is 0 Å². The Hall–Kier alpha value is -1.24. The smallest absolute Gasteiger partial charge is 0.416 e. The highest BCUT2D eigenvalue weighted by Gasteiger charge is 2.30. The van der Waals surface area contributed by atoms with Crippen LogP contribution in [0.2, 0.25) is 0 Å². The van der Waals surface area contributed by atoms with Crippen LogP contribution in [-0.2, 0) is 15.7 Å². The van der Waals surface area contributed by atoms with Gasteiger partial charge in [-0.15, -0.1) is 0 Å². The minimum absolute atomic E-state index is 0.0994. The lowest BCUT2D eigenvalue weighted by Gasteiger charge is -2.11. The lowest BCUT2D eigenvalue weighted by Crippen LogP contribution is -2.17. The van der Waals surface area contributed by atoms with E-state index in [9.17, 15) is 18.0 Å². The molecule has 1 N–H and O–H groups in total. The normalized spacial score (nSPS) is 11.2. The molecule has 0 spiro atoms. The highest BCUT2D eigenvalue weighted by atomic mass is 79.9. The summed E-state index contributed by atoms with van der Waals surface area (Å²) < 4.78 is 42.1. The Balaban J connectivity index is 2.72. The van der Waals surface area contributed by atoms with E-state index in [-0.39, 0.29) is 17.6 Å². The van der Waals surface area contributed by atoms with Crippen LogP contribution in [0.4, 0.5) is 18.9 Å². The molecule has 7 heteroatoms. The fourth-order valence-electron chi connectivity index (χ4n) is 1.21. The molecule has 1 aromatic rings. The third kappa shape index (κ3) is 4.21. The molecule has 0 saturated heterocycles. The van der Waals surface area contributed by atoms with Crippen molar-refractivity contribution in [3.8, 4) is 0 Å². The zero-order valence-electron chi connectivity index (χ0n) is 9.47. The minimum atomic E-state index is -4.39. The van der Waals surface area contributed by atoms with Crippen LogP contribution in [-0.4, -0.2) is 19.1 Å². The first kappa shape index (κ1) is 14.8. The van der Waals surface area contributed by atoms with Gasteiger partial charge in [0.05, 0.1) is 12.2 Å². The fourth-order valence-corrected chi connectivity index (χ4v) is 1.73. The van der Waals surface area contributed by atoms with Gasteiger partial charge in [-0.3, -0.25) is 4.79 Å². The van der Waals surface area contributed by atoms with Crippen molar-refractivity contribution in [3.05, 3.63) is 28.2 Å². The van der Waals surface area contributed by atoms with E-state index in [0.29, 0.717) is 5.69 Å². The first-order chi connectivity index (χ1) is 8.34. The Bertz CT molecular complexity index is 435. The molecule has 0 unspecified atom stereocenters. The van der Waals surface area contributed by atoms with Crippen LogP contribution in [0.1, 0.15) is 12.5 Å². The molecule has 0 aliphatic rings. The van der Waals surface area contributed by atoms with E-state index in [0.717, 1.165) is 12.1 Å². The van der Waals surface area contributed by atoms with Gasteiger partial charge in [-0.25, -0.2) is 0 Å². The number of hydrogen-bond acceptors (Lipinski definition) is 3. The number of hydrogen-bond donors (Lipinski definition) is 1. The lowest BCUT2D eigenvalue weighted by atomic mass is 10.2. The van der Waals surface area contributed by atoms with Gasteiger partial charge in [0.25, 0.3) is 0 Å². The number of esters is 1. The summed E-state index contributed by atoms with van der Waals surface area (Å²) in [5.74, 6) is -0.468. The van der Waals surface area contributed by atoms with E-state index in [1.54, 1.807) is 6.92 Å². The second kappa shape index (κ2) is 6.08. The molecule has 100 valence electrons. The van der Waals surface area contributed by atoms with Crippen molar-refractivity contribution >= 4 is 27.6 Å². The van der Waals surface area contributed by atoms with Crippen LogP contribution in [0.15, 0.2) is 22.7 Å². The molecule has 0 aromatic heterocycles. The third-order valence-electron chi connectivity index (χ3n) is 2.02. The monoisotopic (exact) mass is 325 g/mol. The van der Waals surface area contributed by atoms with E-state index < -0.39 is 17.7 Å². The summed E-state index contributed by atoms with van der Waals surface area (Å²) >= 11 is 3.01. The SMILES string of the molecule is CCOC(=O)CNc1ccc(C(F)(F)F)cc1Br. The Morgan fingerprint density at radius 3 is 2.61 bits per heavy atom. The molecule has 1 aromatic carbocycles. The van der Waals surface area contributed by atoms with Crippen molar-refractivity contribution in [3.63, 3.8) is 0 Å². The molecule has 0 aliphatic heterocycles. The molecule has 0 atom stereocenters. The molecule has 0 amide bonds. The van der Waals surface area contributed by atoms with E-state index in [1.807, 2.05) is 0 Å². The molecule has 18 heavy (non-hydrogen) atoms. The van der Waals surface area contributed by atoms with Gasteiger partial charge in [0, 0.05) is 10.2 Å². The first-order valence-corrected chi connectivity index (χ1v) is 5.90. The van der Waals surface area contributed by atoms with Crippen molar-refractivity contribution in [2.75, 3.05) is 18.5 Å². The zero-order valence-corrected chi connectivity index (χ0v) is 11.1. The number of carbonyl (C=O) groups is 1. The Morgan fingerprint density at radius 1 is 1.44 bits per heavy atom. The second-order valence-electron chi connectivity index (χ2n) is 3.35. The maximum Gasteiger partial charge on any atom is 0.416 e. The quantitative estimate of drug-likeness (QED) is 0.862. The van der Waals surface area contributed by atoms with Crippen molar-refractivity contribution in [2.45, 2.75) is 13.1 Å². The zero-order chi connectivity index (χ0) is 13.8. The molecule has 0 fully saturated rings. The molecule has 0 radical (unpaired) electrons. The van der Waals surface area contributed by atoms with Gasteiger partial charge in [0.2, 0.25) is 0 Å². The van der Waals surface area contributed by atoms with Crippen molar-refractivity contribution in [1.29, 1.82) is 0 Å². The van der Waals surface area contributed by atoms with Gasteiger partial charge >= 0.3 is 12.1 Å². The molecule has 0 heterocycles.